The van der Waals surface area contributed by atoms with E-state index in [9.17, 15) is 17.6 Å². The quantitative estimate of drug-likeness (QED) is 0.727. The lowest BCUT2D eigenvalue weighted by Gasteiger charge is -2.09. The molecule has 0 amide bonds. The molecule has 0 aliphatic heterocycles. The van der Waals surface area contributed by atoms with Crippen molar-refractivity contribution in [2.75, 3.05) is 4.72 Å². The molecule has 0 aliphatic rings. The van der Waals surface area contributed by atoms with Crippen LogP contribution in [0.25, 0.3) is 0 Å². The van der Waals surface area contributed by atoms with Crippen molar-refractivity contribution < 1.29 is 22.7 Å². The zero-order chi connectivity index (χ0) is 15.8. The number of hydrogen-bond donors (Lipinski definition) is 2. The molecule has 112 valence electrons. The van der Waals surface area contributed by atoms with Gasteiger partial charge in [0.05, 0.1) is 9.47 Å². The lowest BCUT2D eigenvalue weighted by molar-refractivity contribution is 0.0702. The number of benzene rings is 1. The highest BCUT2D eigenvalue weighted by Gasteiger charge is 2.25. The van der Waals surface area contributed by atoms with Crippen molar-refractivity contribution in [1.82, 2.24) is 0 Å². The molecule has 1 heterocycles. The Labute approximate surface area is 140 Å². The van der Waals surface area contributed by atoms with E-state index in [1.54, 1.807) is 0 Å². The highest BCUT2D eigenvalue weighted by atomic mass is 79.9. The number of halogens is 3. The van der Waals surface area contributed by atoms with Crippen LogP contribution in [0.15, 0.2) is 37.4 Å². The maximum Gasteiger partial charge on any atom is 0.345 e. The molecule has 0 fully saturated rings. The number of para-hydroxylation sites is 1. The monoisotopic (exact) mass is 457 g/mol. The third kappa shape index (κ3) is 3.44. The van der Waals surface area contributed by atoms with Crippen LogP contribution >= 0.6 is 43.2 Å². The molecule has 0 spiro atoms. The summed E-state index contributed by atoms with van der Waals surface area (Å²) in [7, 11) is -4.12. The third-order valence-electron chi connectivity index (χ3n) is 2.35. The second-order valence-corrected chi connectivity index (χ2v) is 8.63. The smallest absolute Gasteiger partial charge is 0.345 e. The van der Waals surface area contributed by atoms with E-state index in [4.69, 9.17) is 5.11 Å². The van der Waals surface area contributed by atoms with E-state index in [1.165, 1.54) is 12.1 Å². The summed E-state index contributed by atoms with van der Waals surface area (Å²) in [6.07, 6.45) is 0. The van der Waals surface area contributed by atoms with Crippen LogP contribution in [-0.2, 0) is 10.0 Å². The molecule has 0 unspecified atom stereocenters. The molecule has 0 bridgehead atoms. The first-order valence-electron chi connectivity index (χ1n) is 5.22. The van der Waals surface area contributed by atoms with E-state index in [0.717, 1.165) is 23.5 Å². The molecule has 1 aromatic carbocycles. The number of carboxylic acid groups (broad SMARTS) is 1. The van der Waals surface area contributed by atoms with E-state index < -0.39 is 21.8 Å². The van der Waals surface area contributed by atoms with Crippen molar-refractivity contribution in [2.24, 2.45) is 0 Å². The molecule has 2 N–H and O–H groups in total. The number of aromatic carboxylic acids is 1. The van der Waals surface area contributed by atoms with E-state index in [1.807, 2.05) is 0 Å². The summed E-state index contributed by atoms with van der Waals surface area (Å²) in [4.78, 5) is 10.5. The molecule has 0 saturated heterocycles. The number of hydrogen-bond acceptors (Lipinski definition) is 4. The summed E-state index contributed by atoms with van der Waals surface area (Å²) in [5.74, 6) is -1.99. The van der Waals surface area contributed by atoms with Crippen LogP contribution in [0.1, 0.15) is 9.67 Å². The maximum atomic E-state index is 13.7. The third-order valence-corrected chi connectivity index (χ3v) is 6.61. The first kappa shape index (κ1) is 16.4. The minimum atomic E-state index is -4.12. The molecule has 1 aromatic heterocycles. The van der Waals surface area contributed by atoms with Crippen molar-refractivity contribution in [1.29, 1.82) is 0 Å². The zero-order valence-electron chi connectivity index (χ0n) is 9.93. The molecule has 0 aliphatic carbocycles. The molecule has 10 heteroatoms. The van der Waals surface area contributed by atoms with Crippen LogP contribution in [0.3, 0.4) is 0 Å². The Kier molecular flexibility index (Phi) is 4.71. The van der Waals surface area contributed by atoms with Crippen LogP contribution in [0, 0.1) is 5.82 Å². The summed E-state index contributed by atoms with van der Waals surface area (Å²) in [6.45, 7) is 0. The Morgan fingerprint density at radius 1 is 1.33 bits per heavy atom. The summed E-state index contributed by atoms with van der Waals surface area (Å²) in [5.41, 5.74) is -0.243. The Balaban J connectivity index is 2.46. The van der Waals surface area contributed by atoms with Crippen molar-refractivity contribution in [3.8, 4) is 0 Å². The SMILES string of the molecule is O=C(O)c1cc(S(=O)(=O)Nc2c(F)cccc2Br)c(Br)s1. The van der Waals surface area contributed by atoms with Gasteiger partial charge in [-0.15, -0.1) is 11.3 Å². The van der Waals surface area contributed by atoms with Crippen molar-refractivity contribution >= 4 is 64.9 Å². The summed E-state index contributed by atoms with van der Waals surface area (Å²) in [6, 6.07) is 5.01. The van der Waals surface area contributed by atoms with Crippen molar-refractivity contribution in [3.05, 3.63) is 43.2 Å². The average Bonchev–Trinajstić information content (AvgIpc) is 2.77. The van der Waals surface area contributed by atoms with Crippen LogP contribution in [0.5, 0.6) is 0 Å². The average molecular weight is 459 g/mol. The van der Waals surface area contributed by atoms with Crippen LogP contribution in [-0.4, -0.2) is 19.5 Å². The summed E-state index contributed by atoms with van der Waals surface area (Å²) < 4.78 is 40.6. The number of carbonyl (C=O) groups is 1. The zero-order valence-corrected chi connectivity index (χ0v) is 14.7. The number of anilines is 1. The van der Waals surface area contributed by atoms with E-state index in [-0.39, 0.29) is 23.7 Å². The lowest BCUT2D eigenvalue weighted by atomic mass is 10.3. The highest BCUT2D eigenvalue weighted by Crippen LogP contribution is 2.34. The number of thiophene rings is 1. The van der Waals surface area contributed by atoms with Crippen molar-refractivity contribution in [2.45, 2.75) is 4.90 Å². The van der Waals surface area contributed by atoms with E-state index in [2.05, 4.69) is 36.6 Å². The number of rotatable bonds is 4. The fourth-order valence-electron chi connectivity index (χ4n) is 1.43. The normalized spacial score (nSPS) is 11.4. The van der Waals surface area contributed by atoms with Gasteiger partial charge in [0, 0.05) is 4.47 Å². The Morgan fingerprint density at radius 2 is 2.00 bits per heavy atom. The van der Waals surface area contributed by atoms with Gasteiger partial charge in [-0.3, -0.25) is 4.72 Å². The largest absolute Gasteiger partial charge is 0.477 e. The number of carboxylic acids is 1. The highest BCUT2D eigenvalue weighted by molar-refractivity contribution is 9.11. The van der Waals surface area contributed by atoms with Gasteiger partial charge in [0.25, 0.3) is 10.0 Å². The Bertz CT molecular complexity index is 799. The van der Waals surface area contributed by atoms with Gasteiger partial charge in [0.15, 0.2) is 0 Å². The predicted octanol–water partition coefficient (Wildman–Crippen LogP) is 3.91. The molecule has 0 atom stereocenters. The number of nitrogens with one attached hydrogen (secondary N) is 1. The Hall–Kier alpha value is -0.970. The standard InChI is InChI=1S/C11H6Br2FNO4S2/c12-5-2-1-3-6(14)9(5)15-21(18,19)8-4-7(11(16)17)20-10(8)13/h1-4,15H,(H,16,17). The Morgan fingerprint density at radius 3 is 2.52 bits per heavy atom. The minimum Gasteiger partial charge on any atom is -0.477 e. The van der Waals surface area contributed by atoms with Gasteiger partial charge >= 0.3 is 5.97 Å². The molecular weight excluding hydrogens is 453 g/mol. The predicted molar refractivity (Wildman–Crippen MR) is 83.9 cm³/mol. The molecule has 5 nitrogen and oxygen atoms in total. The van der Waals surface area contributed by atoms with Crippen LogP contribution < -0.4 is 4.72 Å². The van der Waals surface area contributed by atoms with Gasteiger partial charge in [-0.05, 0) is 50.1 Å². The number of sulfonamides is 1. The first-order valence-corrected chi connectivity index (χ1v) is 9.10. The molecule has 0 saturated carbocycles. The summed E-state index contributed by atoms with van der Waals surface area (Å²) in [5, 5.41) is 8.87. The maximum absolute atomic E-state index is 13.7. The molecule has 0 radical (unpaired) electrons. The van der Waals surface area contributed by atoms with E-state index in [0.29, 0.717) is 0 Å². The fourth-order valence-corrected chi connectivity index (χ4v) is 5.49. The second kappa shape index (κ2) is 6.03. The van der Waals surface area contributed by atoms with Gasteiger partial charge in [0.1, 0.15) is 15.6 Å². The van der Waals surface area contributed by atoms with Gasteiger partial charge < -0.3 is 5.11 Å². The van der Waals surface area contributed by atoms with Crippen molar-refractivity contribution in [3.63, 3.8) is 0 Å². The van der Waals surface area contributed by atoms with Gasteiger partial charge in [-0.25, -0.2) is 17.6 Å². The van der Waals surface area contributed by atoms with Crippen LogP contribution in [0.4, 0.5) is 10.1 Å². The van der Waals surface area contributed by atoms with Gasteiger partial charge in [-0.2, -0.15) is 0 Å². The first-order chi connectivity index (χ1) is 9.72. The molecule has 2 aromatic rings. The fraction of sp³-hybridized carbons (Fsp3) is 0. The molecule has 21 heavy (non-hydrogen) atoms. The molecular formula is C11H6Br2FNO4S2. The van der Waals surface area contributed by atoms with Gasteiger partial charge in [0.2, 0.25) is 0 Å². The lowest BCUT2D eigenvalue weighted by Crippen LogP contribution is -2.14. The molecule has 2 rings (SSSR count). The van der Waals surface area contributed by atoms with Crippen LogP contribution in [0.2, 0.25) is 0 Å². The summed E-state index contributed by atoms with van der Waals surface area (Å²) >= 11 is 6.81. The second-order valence-electron chi connectivity index (χ2n) is 3.76. The van der Waals surface area contributed by atoms with Gasteiger partial charge in [-0.1, -0.05) is 6.07 Å². The van der Waals surface area contributed by atoms with E-state index >= 15 is 0 Å². The topological polar surface area (TPSA) is 83.5 Å². The minimum absolute atomic E-state index is 0.125.